The number of thiazole rings is 1. The lowest BCUT2D eigenvalue weighted by Crippen LogP contribution is -2.30. The van der Waals surface area contributed by atoms with Crippen LogP contribution in [-0.2, 0) is 19.3 Å². The fourth-order valence-electron chi connectivity index (χ4n) is 2.78. The fraction of sp³-hybridized carbons (Fsp3) is 0.600. The van der Waals surface area contributed by atoms with Gasteiger partial charge in [0.15, 0.2) is 5.13 Å². The average Bonchev–Trinajstić information content (AvgIpc) is 3.14. The predicted octanol–water partition coefficient (Wildman–Crippen LogP) is 3.09. The number of anilines is 1. The van der Waals surface area contributed by atoms with Crippen molar-refractivity contribution in [2.45, 2.75) is 32.6 Å². The molecule has 0 bridgehead atoms. The van der Waals surface area contributed by atoms with Crippen molar-refractivity contribution < 1.29 is 13.2 Å². The van der Waals surface area contributed by atoms with Crippen molar-refractivity contribution >= 4 is 16.5 Å². The van der Waals surface area contributed by atoms with Crippen LogP contribution in [0, 0.1) is 0 Å². The molecule has 1 fully saturated rings. The topological polar surface area (TPSA) is 37.2 Å². The first kappa shape index (κ1) is 17.2. The van der Waals surface area contributed by atoms with E-state index in [1.807, 2.05) is 28.9 Å². The van der Waals surface area contributed by atoms with Crippen molar-refractivity contribution in [3.63, 3.8) is 0 Å². The minimum atomic E-state index is -4.31. The summed E-state index contributed by atoms with van der Waals surface area (Å²) in [5.74, 6) is 0. The molecule has 1 aliphatic rings. The summed E-state index contributed by atoms with van der Waals surface area (Å²) < 4.78 is 40.1. The smallest absolute Gasteiger partial charge is 0.347 e. The highest BCUT2D eigenvalue weighted by atomic mass is 32.1. The number of alkyl halides is 3. The number of aromatic nitrogens is 3. The molecule has 2 aromatic rings. The molecule has 1 saturated heterocycles. The van der Waals surface area contributed by atoms with E-state index in [0.717, 1.165) is 56.7 Å². The number of nitrogens with zero attached hydrogens (tertiary/aromatic N) is 5. The maximum absolute atomic E-state index is 12.7. The summed E-state index contributed by atoms with van der Waals surface area (Å²) in [6.07, 6.45) is 1.44. The number of hydrogen-bond acceptors (Lipinski definition) is 5. The van der Waals surface area contributed by atoms with Crippen LogP contribution in [0.2, 0.25) is 0 Å². The van der Waals surface area contributed by atoms with Crippen molar-refractivity contribution in [1.82, 2.24) is 19.7 Å². The number of hydrogen-bond donors (Lipinski definition) is 0. The van der Waals surface area contributed by atoms with E-state index in [-0.39, 0.29) is 0 Å². The summed E-state index contributed by atoms with van der Waals surface area (Å²) in [5.41, 5.74) is 1.17. The third-order valence-electron chi connectivity index (χ3n) is 4.05. The molecule has 3 heterocycles. The van der Waals surface area contributed by atoms with Gasteiger partial charge in [-0.2, -0.15) is 18.3 Å². The van der Waals surface area contributed by atoms with Crippen LogP contribution in [-0.4, -0.2) is 45.8 Å². The third-order valence-corrected chi connectivity index (χ3v) is 5.15. The number of halogens is 3. The molecule has 1 aliphatic heterocycles. The summed E-state index contributed by atoms with van der Waals surface area (Å²) in [5, 5.41) is 4.74. The van der Waals surface area contributed by atoms with Crippen molar-refractivity contribution in [3.05, 3.63) is 29.0 Å². The molecule has 0 radical (unpaired) electrons. The van der Waals surface area contributed by atoms with Crippen LogP contribution in [0.15, 0.2) is 18.6 Å². The largest absolute Gasteiger partial charge is 0.427 e. The van der Waals surface area contributed by atoms with Gasteiger partial charge in [0.25, 0.3) is 0 Å². The Labute approximate surface area is 142 Å². The summed E-state index contributed by atoms with van der Waals surface area (Å²) in [4.78, 5) is 7.60. The first-order chi connectivity index (χ1) is 11.5. The molecule has 0 N–H and O–H groups in total. The van der Waals surface area contributed by atoms with Gasteiger partial charge in [-0.15, -0.1) is 0 Å². The van der Waals surface area contributed by atoms with Crippen LogP contribution in [0.3, 0.4) is 0 Å². The van der Waals surface area contributed by atoms with Gasteiger partial charge in [-0.1, -0.05) is 11.3 Å². The fourth-order valence-corrected chi connectivity index (χ4v) is 3.62. The van der Waals surface area contributed by atoms with Crippen molar-refractivity contribution in [2.24, 2.45) is 0 Å². The molecule has 24 heavy (non-hydrogen) atoms. The number of rotatable bonds is 4. The Bertz CT molecular complexity index is 666. The van der Waals surface area contributed by atoms with E-state index in [4.69, 9.17) is 0 Å². The lowest BCUT2D eigenvalue weighted by molar-refractivity contribution is -0.134. The van der Waals surface area contributed by atoms with E-state index in [0.29, 0.717) is 11.7 Å². The molecule has 9 heteroatoms. The van der Waals surface area contributed by atoms with Gasteiger partial charge in [0.1, 0.15) is 4.88 Å². The van der Waals surface area contributed by atoms with E-state index in [2.05, 4.69) is 15.0 Å². The van der Waals surface area contributed by atoms with Gasteiger partial charge in [-0.3, -0.25) is 9.58 Å². The van der Waals surface area contributed by atoms with Crippen LogP contribution in [0.25, 0.3) is 0 Å². The Morgan fingerprint density at radius 1 is 1.17 bits per heavy atom. The zero-order valence-electron chi connectivity index (χ0n) is 13.5. The molecule has 0 aliphatic carbocycles. The Balaban J connectivity index is 1.59. The molecule has 0 atom stereocenters. The predicted molar refractivity (Wildman–Crippen MR) is 87.1 cm³/mol. The monoisotopic (exact) mass is 359 g/mol. The summed E-state index contributed by atoms with van der Waals surface area (Å²) in [6, 6.07) is 0. The second-order valence-corrected chi connectivity index (χ2v) is 6.83. The standard InChI is InChI=1S/C15H20F3N5S/c1-2-23-11-12(8-20-23)10-21-4-3-5-22(7-6-21)14-19-9-13(24-14)15(16,17)18/h8-9,11H,2-7,10H2,1H3. The molecule has 2 aromatic heterocycles. The average molecular weight is 359 g/mol. The highest BCUT2D eigenvalue weighted by molar-refractivity contribution is 7.15. The van der Waals surface area contributed by atoms with Crippen LogP contribution in [0.1, 0.15) is 23.8 Å². The molecule has 0 unspecified atom stereocenters. The summed E-state index contributed by atoms with van der Waals surface area (Å²) in [6.45, 7) is 6.86. The second kappa shape index (κ2) is 7.10. The molecule has 3 rings (SSSR count). The van der Waals surface area contributed by atoms with Crippen molar-refractivity contribution in [1.29, 1.82) is 0 Å². The van der Waals surface area contributed by atoms with Gasteiger partial charge in [0.05, 0.1) is 12.4 Å². The Morgan fingerprint density at radius 3 is 2.67 bits per heavy atom. The minimum Gasteiger partial charge on any atom is -0.347 e. The van der Waals surface area contributed by atoms with Gasteiger partial charge in [-0.05, 0) is 13.3 Å². The molecule has 0 saturated carbocycles. The quantitative estimate of drug-likeness (QED) is 0.841. The van der Waals surface area contributed by atoms with Gasteiger partial charge in [-0.25, -0.2) is 4.98 Å². The first-order valence-electron chi connectivity index (χ1n) is 7.97. The van der Waals surface area contributed by atoms with Gasteiger partial charge in [0.2, 0.25) is 0 Å². The lowest BCUT2D eigenvalue weighted by atomic mass is 10.3. The van der Waals surface area contributed by atoms with Gasteiger partial charge >= 0.3 is 6.18 Å². The van der Waals surface area contributed by atoms with E-state index >= 15 is 0 Å². The molecule has 0 aromatic carbocycles. The lowest BCUT2D eigenvalue weighted by Gasteiger charge is -2.21. The third kappa shape index (κ3) is 4.07. The molecule has 132 valence electrons. The van der Waals surface area contributed by atoms with Crippen LogP contribution < -0.4 is 4.90 Å². The Morgan fingerprint density at radius 2 is 2.00 bits per heavy atom. The van der Waals surface area contributed by atoms with Crippen molar-refractivity contribution in [2.75, 3.05) is 31.1 Å². The maximum atomic E-state index is 12.7. The van der Waals surface area contributed by atoms with E-state index in [9.17, 15) is 13.2 Å². The van der Waals surface area contributed by atoms with Crippen LogP contribution in [0.5, 0.6) is 0 Å². The molecule has 5 nitrogen and oxygen atoms in total. The van der Waals surface area contributed by atoms with Crippen LogP contribution >= 0.6 is 11.3 Å². The van der Waals surface area contributed by atoms with Crippen LogP contribution in [0.4, 0.5) is 18.3 Å². The zero-order chi connectivity index (χ0) is 17.2. The first-order valence-corrected chi connectivity index (χ1v) is 8.79. The molecule has 0 spiro atoms. The van der Waals surface area contributed by atoms with Crippen molar-refractivity contribution in [3.8, 4) is 0 Å². The highest BCUT2D eigenvalue weighted by Crippen LogP contribution is 2.36. The second-order valence-electron chi connectivity index (χ2n) is 5.83. The summed E-state index contributed by atoms with van der Waals surface area (Å²) >= 11 is 0.725. The summed E-state index contributed by atoms with van der Waals surface area (Å²) in [7, 11) is 0. The normalized spacial score (nSPS) is 17.2. The minimum absolute atomic E-state index is 0.461. The SMILES string of the molecule is CCn1cc(CN2CCCN(c3ncc(C(F)(F)F)s3)CC2)cn1. The molecule has 0 amide bonds. The molecular weight excluding hydrogens is 339 g/mol. The highest BCUT2D eigenvalue weighted by Gasteiger charge is 2.34. The zero-order valence-corrected chi connectivity index (χ0v) is 14.3. The van der Waals surface area contributed by atoms with E-state index in [1.54, 1.807) is 0 Å². The van der Waals surface area contributed by atoms with Gasteiger partial charge < -0.3 is 4.90 Å². The van der Waals surface area contributed by atoms with Gasteiger partial charge in [0, 0.05) is 51.0 Å². The Hall–Kier alpha value is -1.61. The Kier molecular flexibility index (Phi) is 5.09. The number of aryl methyl sites for hydroxylation is 1. The maximum Gasteiger partial charge on any atom is 0.427 e. The van der Waals surface area contributed by atoms with E-state index in [1.165, 1.54) is 5.56 Å². The molecular formula is C15H20F3N5S. The van der Waals surface area contributed by atoms with E-state index < -0.39 is 11.1 Å².